The average molecular weight is 419 g/mol. The molecule has 2 amide bonds. The van der Waals surface area contributed by atoms with Crippen LogP contribution in [0.25, 0.3) is 0 Å². The van der Waals surface area contributed by atoms with Crippen LogP contribution in [0.2, 0.25) is 0 Å². The number of nitrogens with one attached hydrogen (secondary N) is 1. The van der Waals surface area contributed by atoms with Gasteiger partial charge in [0.2, 0.25) is 17.7 Å². The third kappa shape index (κ3) is 5.09. The van der Waals surface area contributed by atoms with Crippen molar-refractivity contribution in [2.24, 2.45) is 5.92 Å². The molecule has 1 aliphatic rings. The van der Waals surface area contributed by atoms with Crippen molar-refractivity contribution in [3.63, 3.8) is 0 Å². The van der Waals surface area contributed by atoms with Crippen LogP contribution < -0.4 is 10.1 Å². The van der Waals surface area contributed by atoms with Crippen LogP contribution in [0.1, 0.15) is 25.8 Å². The first-order valence-corrected chi connectivity index (χ1v) is 10.4. The Bertz CT molecular complexity index is 997. The highest BCUT2D eigenvalue weighted by atomic mass is 16.5. The maximum Gasteiger partial charge on any atom is 0.247 e. The van der Waals surface area contributed by atoms with Crippen LogP contribution >= 0.6 is 0 Å². The lowest BCUT2D eigenvalue weighted by Crippen LogP contribution is -2.44. The molecule has 160 valence electrons. The molecule has 3 heterocycles. The summed E-state index contributed by atoms with van der Waals surface area (Å²) in [5, 5.41) is 7.06. The molecule has 0 aliphatic carbocycles. The number of piperidine rings is 1. The van der Waals surface area contributed by atoms with Crippen molar-refractivity contribution < 1.29 is 14.3 Å². The highest BCUT2D eigenvalue weighted by Gasteiger charge is 2.30. The van der Waals surface area contributed by atoms with Crippen molar-refractivity contribution in [3.8, 4) is 11.6 Å². The second-order valence-electron chi connectivity index (χ2n) is 7.55. The van der Waals surface area contributed by atoms with E-state index in [0.717, 1.165) is 0 Å². The summed E-state index contributed by atoms with van der Waals surface area (Å²) in [4.78, 5) is 31.4. The van der Waals surface area contributed by atoms with Crippen LogP contribution in [0, 0.1) is 5.92 Å². The molecule has 31 heavy (non-hydrogen) atoms. The minimum absolute atomic E-state index is 0.0285. The molecule has 3 aromatic rings. The summed E-state index contributed by atoms with van der Waals surface area (Å²) in [6.07, 6.45) is 6.29. The van der Waals surface area contributed by atoms with Crippen molar-refractivity contribution in [3.05, 3.63) is 67.1 Å². The Morgan fingerprint density at radius 1 is 1.10 bits per heavy atom. The SMILES string of the molecule is CC(C(=O)N1CCC(C(=O)Nc2ccc(Oc3ccccc3)nc2)CC1)n1cccn1. The van der Waals surface area contributed by atoms with Gasteiger partial charge >= 0.3 is 0 Å². The summed E-state index contributed by atoms with van der Waals surface area (Å²) in [6, 6.07) is 14.3. The summed E-state index contributed by atoms with van der Waals surface area (Å²) in [6.45, 7) is 2.96. The number of likely N-dealkylation sites (tertiary alicyclic amines) is 1. The number of ether oxygens (including phenoxy) is 1. The van der Waals surface area contributed by atoms with Crippen LogP contribution in [0.15, 0.2) is 67.1 Å². The third-order valence-corrected chi connectivity index (χ3v) is 5.43. The lowest BCUT2D eigenvalue weighted by Gasteiger charge is -2.33. The summed E-state index contributed by atoms with van der Waals surface area (Å²) >= 11 is 0. The minimum Gasteiger partial charge on any atom is -0.439 e. The topological polar surface area (TPSA) is 89.4 Å². The van der Waals surface area contributed by atoms with Gasteiger partial charge in [-0.1, -0.05) is 18.2 Å². The van der Waals surface area contributed by atoms with Gasteiger partial charge in [-0.3, -0.25) is 14.3 Å². The number of pyridine rings is 1. The zero-order valence-electron chi connectivity index (χ0n) is 17.3. The van der Waals surface area contributed by atoms with E-state index in [4.69, 9.17) is 4.74 Å². The zero-order valence-corrected chi connectivity index (χ0v) is 17.3. The number of carbonyl (C=O) groups is 2. The smallest absolute Gasteiger partial charge is 0.247 e. The quantitative estimate of drug-likeness (QED) is 0.660. The highest BCUT2D eigenvalue weighted by Crippen LogP contribution is 2.23. The monoisotopic (exact) mass is 419 g/mol. The molecule has 4 rings (SSSR count). The summed E-state index contributed by atoms with van der Waals surface area (Å²) in [7, 11) is 0. The number of anilines is 1. The largest absolute Gasteiger partial charge is 0.439 e. The average Bonchev–Trinajstić information content (AvgIpc) is 3.35. The molecule has 0 bridgehead atoms. The zero-order chi connectivity index (χ0) is 21.6. The van der Waals surface area contributed by atoms with Gasteiger partial charge in [0.15, 0.2) is 0 Å². The molecule has 0 saturated carbocycles. The molecule has 0 radical (unpaired) electrons. The number of nitrogens with zero attached hydrogens (tertiary/aromatic N) is 4. The van der Waals surface area contributed by atoms with Gasteiger partial charge in [-0.05, 0) is 44.0 Å². The van der Waals surface area contributed by atoms with Crippen molar-refractivity contribution in [2.45, 2.75) is 25.8 Å². The molecule has 1 aliphatic heterocycles. The molecule has 1 fully saturated rings. The Morgan fingerprint density at radius 3 is 2.52 bits per heavy atom. The summed E-state index contributed by atoms with van der Waals surface area (Å²) < 4.78 is 7.32. The maximum atomic E-state index is 12.7. The Hall–Kier alpha value is -3.68. The molecule has 8 nitrogen and oxygen atoms in total. The van der Waals surface area contributed by atoms with Crippen molar-refractivity contribution in [1.29, 1.82) is 0 Å². The van der Waals surface area contributed by atoms with E-state index >= 15 is 0 Å². The molecule has 1 atom stereocenters. The van der Waals surface area contributed by atoms with Gasteiger partial charge in [0, 0.05) is 37.5 Å². The van der Waals surface area contributed by atoms with Gasteiger partial charge in [0.25, 0.3) is 0 Å². The number of hydrogen-bond acceptors (Lipinski definition) is 5. The Labute approximate surface area is 180 Å². The van der Waals surface area contributed by atoms with Crippen LogP contribution in [0.3, 0.4) is 0 Å². The van der Waals surface area contributed by atoms with E-state index in [-0.39, 0.29) is 23.8 Å². The van der Waals surface area contributed by atoms with E-state index in [1.54, 1.807) is 41.5 Å². The van der Waals surface area contributed by atoms with E-state index in [1.807, 2.05) is 42.2 Å². The lowest BCUT2D eigenvalue weighted by molar-refractivity contribution is -0.137. The number of hydrogen-bond donors (Lipinski definition) is 1. The molecule has 1 aromatic carbocycles. The molecular formula is C23H25N5O3. The Kier molecular flexibility index (Phi) is 6.26. The molecule has 0 spiro atoms. The number of benzene rings is 1. The number of rotatable bonds is 6. The van der Waals surface area contributed by atoms with E-state index < -0.39 is 0 Å². The number of aromatic nitrogens is 3. The van der Waals surface area contributed by atoms with Crippen molar-refractivity contribution >= 4 is 17.5 Å². The summed E-state index contributed by atoms with van der Waals surface area (Å²) in [5.41, 5.74) is 0.622. The fourth-order valence-corrected chi connectivity index (χ4v) is 3.62. The standard InChI is InChI=1S/C23H25N5O3/c1-17(28-13-5-12-25-28)23(30)27-14-10-18(11-15-27)22(29)26-19-8-9-21(24-16-19)31-20-6-3-2-4-7-20/h2-9,12-13,16-18H,10-11,14-15H2,1H3,(H,26,29). The van der Waals surface area contributed by atoms with Gasteiger partial charge in [-0.15, -0.1) is 0 Å². The molecule has 1 saturated heterocycles. The fourth-order valence-electron chi connectivity index (χ4n) is 3.62. The number of carbonyl (C=O) groups excluding carboxylic acids is 2. The molecule has 8 heteroatoms. The van der Waals surface area contributed by atoms with Crippen LogP contribution in [-0.2, 0) is 9.59 Å². The molecule has 2 aromatic heterocycles. The highest BCUT2D eigenvalue weighted by molar-refractivity contribution is 5.92. The Balaban J connectivity index is 1.26. The van der Waals surface area contributed by atoms with E-state index in [9.17, 15) is 9.59 Å². The lowest BCUT2D eigenvalue weighted by atomic mass is 9.95. The normalized spacial score (nSPS) is 15.3. The van der Waals surface area contributed by atoms with Gasteiger partial charge < -0.3 is 15.0 Å². The van der Waals surface area contributed by atoms with Crippen molar-refractivity contribution in [2.75, 3.05) is 18.4 Å². The van der Waals surface area contributed by atoms with Gasteiger partial charge in [0.1, 0.15) is 11.8 Å². The summed E-state index contributed by atoms with van der Waals surface area (Å²) in [5.74, 6) is 1.01. The van der Waals surface area contributed by atoms with Gasteiger partial charge in [0.05, 0.1) is 11.9 Å². The number of para-hydroxylation sites is 1. The van der Waals surface area contributed by atoms with Gasteiger partial charge in [-0.25, -0.2) is 4.98 Å². The van der Waals surface area contributed by atoms with Crippen LogP contribution in [0.5, 0.6) is 11.6 Å². The van der Waals surface area contributed by atoms with Crippen LogP contribution in [0.4, 0.5) is 5.69 Å². The van der Waals surface area contributed by atoms with Crippen LogP contribution in [-0.4, -0.2) is 44.6 Å². The van der Waals surface area contributed by atoms with Crippen molar-refractivity contribution in [1.82, 2.24) is 19.7 Å². The van der Waals surface area contributed by atoms with E-state index in [2.05, 4.69) is 15.4 Å². The maximum absolute atomic E-state index is 12.7. The molecular weight excluding hydrogens is 394 g/mol. The fraction of sp³-hybridized carbons (Fsp3) is 0.304. The molecule has 1 unspecified atom stereocenters. The Morgan fingerprint density at radius 2 is 1.87 bits per heavy atom. The third-order valence-electron chi connectivity index (χ3n) is 5.43. The predicted molar refractivity (Wildman–Crippen MR) is 116 cm³/mol. The predicted octanol–water partition coefficient (Wildman–Crippen LogP) is 3.51. The first kappa shape index (κ1) is 20.6. The molecule has 1 N–H and O–H groups in total. The first-order valence-electron chi connectivity index (χ1n) is 10.4. The van der Waals surface area contributed by atoms with Gasteiger partial charge in [-0.2, -0.15) is 5.10 Å². The van der Waals surface area contributed by atoms with E-state index in [1.165, 1.54) is 0 Å². The second kappa shape index (κ2) is 9.42. The minimum atomic E-state index is -0.344. The number of amides is 2. The van der Waals surface area contributed by atoms with E-state index in [0.29, 0.717) is 43.2 Å². The second-order valence-corrected chi connectivity index (χ2v) is 7.55. The first-order chi connectivity index (χ1) is 15.1.